The van der Waals surface area contributed by atoms with E-state index in [4.69, 9.17) is 4.74 Å². The molecule has 9 nitrogen and oxygen atoms in total. The molecule has 4 rings (SSSR count). The number of thiophene rings is 2. The fourth-order valence-electron chi connectivity index (χ4n) is 4.16. The van der Waals surface area contributed by atoms with Gasteiger partial charge in [0.25, 0.3) is 15.9 Å². The Balaban J connectivity index is 1.43. The van der Waals surface area contributed by atoms with Crippen LogP contribution in [0.1, 0.15) is 47.0 Å². The Morgan fingerprint density at radius 2 is 1.97 bits per heavy atom. The van der Waals surface area contributed by atoms with Crippen molar-refractivity contribution < 1.29 is 27.5 Å². The van der Waals surface area contributed by atoms with Crippen LogP contribution in [0.25, 0.3) is 0 Å². The summed E-state index contributed by atoms with van der Waals surface area (Å²) < 4.78 is 31.9. The van der Waals surface area contributed by atoms with Crippen molar-refractivity contribution in [3.05, 3.63) is 33.5 Å². The minimum atomic E-state index is -3.53. The van der Waals surface area contributed by atoms with E-state index in [0.717, 1.165) is 23.3 Å². The van der Waals surface area contributed by atoms with Gasteiger partial charge in [-0.05, 0) is 56.0 Å². The summed E-state index contributed by atoms with van der Waals surface area (Å²) in [5.41, 5.74) is 1.19. The molecule has 0 aromatic carbocycles. The lowest BCUT2D eigenvalue weighted by atomic mass is 9.97. The van der Waals surface area contributed by atoms with Crippen LogP contribution in [0.5, 0.6) is 0 Å². The summed E-state index contributed by atoms with van der Waals surface area (Å²) in [5.74, 6) is -1.19. The fraction of sp³-hybridized carbons (Fsp3) is 0.476. The van der Waals surface area contributed by atoms with Crippen molar-refractivity contribution in [2.24, 2.45) is 5.92 Å². The van der Waals surface area contributed by atoms with Gasteiger partial charge >= 0.3 is 6.09 Å². The first-order valence-corrected chi connectivity index (χ1v) is 13.9. The first-order valence-electron chi connectivity index (χ1n) is 10.8. The molecule has 33 heavy (non-hydrogen) atoms. The lowest BCUT2D eigenvalue weighted by Crippen LogP contribution is -2.41. The van der Waals surface area contributed by atoms with E-state index in [2.05, 4.69) is 10.6 Å². The van der Waals surface area contributed by atoms with Gasteiger partial charge in [0.2, 0.25) is 5.91 Å². The van der Waals surface area contributed by atoms with Gasteiger partial charge in [-0.2, -0.15) is 4.31 Å². The van der Waals surface area contributed by atoms with E-state index < -0.39 is 22.0 Å². The second kappa shape index (κ2) is 9.92. The number of imide groups is 1. The number of anilines is 1. The van der Waals surface area contributed by atoms with E-state index in [1.165, 1.54) is 27.0 Å². The van der Waals surface area contributed by atoms with Crippen LogP contribution in [0.3, 0.4) is 0 Å². The molecule has 0 bridgehead atoms. The van der Waals surface area contributed by atoms with E-state index in [1.54, 1.807) is 24.4 Å². The Labute approximate surface area is 200 Å². The van der Waals surface area contributed by atoms with Crippen LogP contribution >= 0.6 is 22.7 Å². The number of alkyl carbamates (subject to hydrolysis) is 1. The van der Waals surface area contributed by atoms with E-state index in [9.17, 15) is 22.8 Å². The average molecular weight is 512 g/mol. The van der Waals surface area contributed by atoms with E-state index in [-0.39, 0.29) is 31.5 Å². The minimum Gasteiger partial charge on any atom is -0.450 e. The molecule has 178 valence electrons. The first kappa shape index (κ1) is 23.9. The zero-order valence-corrected chi connectivity index (χ0v) is 20.5. The van der Waals surface area contributed by atoms with Crippen molar-refractivity contribution in [2.45, 2.75) is 43.2 Å². The zero-order chi connectivity index (χ0) is 23.6. The zero-order valence-electron chi connectivity index (χ0n) is 18.1. The Morgan fingerprint density at radius 3 is 2.64 bits per heavy atom. The number of ether oxygens (including phenoxy) is 1. The van der Waals surface area contributed by atoms with Crippen LogP contribution in [-0.2, 0) is 32.4 Å². The third-order valence-electron chi connectivity index (χ3n) is 5.79. The molecule has 2 aromatic rings. The normalized spacial score (nSPS) is 16.9. The number of rotatable bonds is 6. The third kappa shape index (κ3) is 4.98. The number of sulfonamides is 1. The summed E-state index contributed by atoms with van der Waals surface area (Å²) in [6.45, 7) is 2.31. The van der Waals surface area contributed by atoms with Gasteiger partial charge in [0, 0.05) is 23.9 Å². The molecule has 3 heterocycles. The molecule has 3 amide bonds. The van der Waals surface area contributed by atoms with Crippen molar-refractivity contribution in [1.29, 1.82) is 0 Å². The number of hydrogen-bond donors (Lipinski definition) is 2. The number of fused-ring (bicyclic) bond motifs is 1. The standard InChI is InChI=1S/C21H25N3O6S3/c1-2-30-21(27)23-19(26)17-14-5-3-6-15(14)32-20(17)22-18(25)13-8-10-24(11-9-13)33(28,29)16-7-4-12-31-16/h4,7,12-13H,2-3,5-6,8-11H2,1H3,(H,22,25)(H,23,26,27). The second-order valence-electron chi connectivity index (χ2n) is 7.84. The molecule has 1 aliphatic heterocycles. The van der Waals surface area contributed by atoms with Gasteiger partial charge in [0.05, 0.1) is 12.2 Å². The maximum atomic E-state index is 13.0. The number of piperidine rings is 1. The maximum Gasteiger partial charge on any atom is 0.414 e. The highest BCUT2D eigenvalue weighted by Gasteiger charge is 2.34. The largest absolute Gasteiger partial charge is 0.450 e. The number of aryl methyl sites for hydroxylation is 1. The molecule has 2 aromatic heterocycles. The smallest absolute Gasteiger partial charge is 0.414 e. The summed E-state index contributed by atoms with van der Waals surface area (Å²) in [5, 5.41) is 7.26. The van der Waals surface area contributed by atoms with E-state index >= 15 is 0 Å². The maximum absolute atomic E-state index is 13.0. The highest BCUT2D eigenvalue weighted by atomic mass is 32.2. The molecule has 2 aliphatic rings. The number of carbonyl (C=O) groups is 3. The highest BCUT2D eigenvalue weighted by Crippen LogP contribution is 2.39. The molecule has 1 aliphatic carbocycles. The van der Waals surface area contributed by atoms with Gasteiger partial charge in [-0.15, -0.1) is 22.7 Å². The summed E-state index contributed by atoms with van der Waals surface area (Å²) in [6.07, 6.45) is 2.43. The number of carbonyl (C=O) groups excluding carboxylic acids is 3. The monoisotopic (exact) mass is 511 g/mol. The van der Waals surface area contributed by atoms with Gasteiger partial charge in [0.1, 0.15) is 9.21 Å². The van der Waals surface area contributed by atoms with Crippen LogP contribution in [-0.4, -0.2) is 50.3 Å². The molecule has 1 saturated heterocycles. The number of amides is 3. The van der Waals surface area contributed by atoms with Gasteiger partial charge in [-0.1, -0.05) is 6.07 Å². The molecule has 12 heteroatoms. The van der Waals surface area contributed by atoms with Crippen LogP contribution < -0.4 is 10.6 Å². The van der Waals surface area contributed by atoms with Crippen molar-refractivity contribution in [1.82, 2.24) is 9.62 Å². The quantitative estimate of drug-likeness (QED) is 0.614. The second-order valence-corrected chi connectivity index (χ2v) is 12.1. The number of nitrogens with zero attached hydrogens (tertiary/aromatic N) is 1. The van der Waals surface area contributed by atoms with Crippen LogP contribution in [0.4, 0.5) is 9.80 Å². The van der Waals surface area contributed by atoms with Crippen molar-refractivity contribution in [2.75, 3.05) is 25.0 Å². The summed E-state index contributed by atoms with van der Waals surface area (Å²) in [7, 11) is -3.53. The molecule has 0 radical (unpaired) electrons. The summed E-state index contributed by atoms with van der Waals surface area (Å²) in [6, 6.07) is 3.28. The average Bonchev–Trinajstić information content (AvgIpc) is 3.52. The Morgan fingerprint density at radius 1 is 1.21 bits per heavy atom. The molecule has 2 N–H and O–H groups in total. The third-order valence-corrected chi connectivity index (χ3v) is 10.3. The van der Waals surface area contributed by atoms with E-state index in [0.29, 0.717) is 34.0 Å². The highest BCUT2D eigenvalue weighted by molar-refractivity contribution is 7.91. The molecular weight excluding hydrogens is 486 g/mol. The van der Waals surface area contributed by atoms with Crippen molar-refractivity contribution in [3.63, 3.8) is 0 Å². The van der Waals surface area contributed by atoms with Gasteiger partial charge in [-0.3, -0.25) is 14.9 Å². The van der Waals surface area contributed by atoms with Gasteiger partial charge in [-0.25, -0.2) is 13.2 Å². The van der Waals surface area contributed by atoms with Crippen LogP contribution in [0.2, 0.25) is 0 Å². The molecule has 1 fully saturated rings. The van der Waals surface area contributed by atoms with Crippen molar-refractivity contribution >= 4 is 55.6 Å². The Hall–Kier alpha value is -2.28. The fourth-order valence-corrected chi connectivity index (χ4v) is 8.07. The van der Waals surface area contributed by atoms with Gasteiger partial charge in [0.15, 0.2) is 0 Å². The Kier molecular flexibility index (Phi) is 7.17. The van der Waals surface area contributed by atoms with Gasteiger partial charge < -0.3 is 10.1 Å². The lowest BCUT2D eigenvalue weighted by molar-refractivity contribution is -0.120. The first-order chi connectivity index (χ1) is 15.8. The topological polar surface area (TPSA) is 122 Å². The molecule has 0 spiro atoms. The summed E-state index contributed by atoms with van der Waals surface area (Å²) in [4.78, 5) is 38.5. The molecule has 0 saturated carbocycles. The minimum absolute atomic E-state index is 0.144. The van der Waals surface area contributed by atoms with E-state index in [1.807, 2.05) is 0 Å². The van der Waals surface area contributed by atoms with Crippen LogP contribution in [0, 0.1) is 5.92 Å². The lowest BCUT2D eigenvalue weighted by Gasteiger charge is -2.30. The van der Waals surface area contributed by atoms with Crippen LogP contribution in [0.15, 0.2) is 21.7 Å². The molecular formula is C21H25N3O6S3. The number of nitrogens with one attached hydrogen (secondary N) is 2. The predicted molar refractivity (Wildman–Crippen MR) is 125 cm³/mol. The summed E-state index contributed by atoms with van der Waals surface area (Å²) >= 11 is 2.54. The molecule has 0 unspecified atom stereocenters. The molecule has 0 atom stereocenters. The Bertz CT molecular complexity index is 1150. The number of hydrogen-bond acceptors (Lipinski definition) is 8. The predicted octanol–water partition coefficient (Wildman–Crippen LogP) is 3.22. The SMILES string of the molecule is CCOC(=O)NC(=O)c1c(NC(=O)C2CCN(S(=O)(=O)c3cccs3)CC2)sc2c1CCC2. The van der Waals surface area contributed by atoms with Crippen molar-refractivity contribution in [3.8, 4) is 0 Å².